The molecule has 1 amide bonds. The molecule has 1 unspecified atom stereocenters. The largest absolute Gasteiger partial charge is 0.488 e. The Morgan fingerprint density at radius 3 is 2.37 bits per heavy atom. The van der Waals surface area contributed by atoms with E-state index in [0.29, 0.717) is 35.4 Å². The van der Waals surface area contributed by atoms with E-state index in [4.69, 9.17) is 9.47 Å². The van der Waals surface area contributed by atoms with Crippen LogP contribution in [-0.2, 0) is 11.4 Å². The molecule has 4 aromatic rings. The van der Waals surface area contributed by atoms with Crippen molar-refractivity contribution in [2.75, 3.05) is 11.9 Å². The Bertz CT molecular complexity index is 1440. The summed E-state index contributed by atoms with van der Waals surface area (Å²) < 4.78 is 12.1. The van der Waals surface area contributed by atoms with Crippen molar-refractivity contribution in [3.8, 4) is 11.5 Å². The Hall–Kier alpha value is -4.49. The van der Waals surface area contributed by atoms with Crippen LogP contribution in [0.4, 0.5) is 5.69 Å². The molecule has 0 bridgehead atoms. The third-order valence-electron chi connectivity index (χ3n) is 6.54. The molecule has 0 aromatic heterocycles. The average molecular weight is 509 g/mol. The number of esters is 1. The summed E-state index contributed by atoms with van der Waals surface area (Å²) >= 11 is 0. The molecule has 192 valence electrons. The molecule has 1 aliphatic heterocycles. The number of nitrogens with one attached hydrogen (secondary N) is 2. The summed E-state index contributed by atoms with van der Waals surface area (Å²) in [6, 6.07) is 24.9. The van der Waals surface area contributed by atoms with Gasteiger partial charge < -0.3 is 20.1 Å². The van der Waals surface area contributed by atoms with Crippen molar-refractivity contribution in [2.45, 2.75) is 31.9 Å². The molecular weight excluding hydrogens is 480 g/mol. The Kier molecular flexibility index (Phi) is 7.75. The number of piperidine rings is 1. The number of carbonyl (C=O) groups is 3. The summed E-state index contributed by atoms with van der Waals surface area (Å²) in [4.78, 5) is 37.7. The molecule has 0 radical (unpaired) electrons. The van der Waals surface area contributed by atoms with Crippen molar-refractivity contribution in [2.24, 2.45) is 0 Å². The SMILES string of the molecule is O=Cc1ccc(NC(=O)c2cc(OCc3ccccc3)c3ccccc3c2OC(=O)C2CCCCN2)cc1. The van der Waals surface area contributed by atoms with Gasteiger partial charge in [-0.05, 0) is 55.3 Å². The van der Waals surface area contributed by atoms with Gasteiger partial charge in [-0.15, -0.1) is 0 Å². The molecule has 5 rings (SSSR count). The van der Waals surface area contributed by atoms with Crippen LogP contribution in [0.25, 0.3) is 10.8 Å². The van der Waals surface area contributed by atoms with E-state index in [9.17, 15) is 14.4 Å². The summed E-state index contributed by atoms with van der Waals surface area (Å²) in [5, 5.41) is 7.39. The summed E-state index contributed by atoms with van der Waals surface area (Å²) in [5.74, 6) is -0.190. The van der Waals surface area contributed by atoms with E-state index in [-0.39, 0.29) is 11.3 Å². The van der Waals surface area contributed by atoms with Gasteiger partial charge in [0.2, 0.25) is 0 Å². The smallest absolute Gasteiger partial charge is 0.328 e. The molecule has 38 heavy (non-hydrogen) atoms. The van der Waals surface area contributed by atoms with Crippen LogP contribution in [0, 0.1) is 0 Å². The number of ether oxygens (including phenoxy) is 2. The van der Waals surface area contributed by atoms with Crippen LogP contribution in [0.5, 0.6) is 11.5 Å². The van der Waals surface area contributed by atoms with Crippen LogP contribution in [0.3, 0.4) is 0 Å². The number of amides is 1. The molecule has 7 heteroatoms. The van der Waals surface area contributed by atoms with Crippen LogP contribution >= 0.6 is 0 Å². The molecule has 7 nitrogen and oxygen atoms in total. The molecule has 2 N–H and O–H groups in total. The van der Waals surface area contributed by atoms with Crippen LogP contribution < -0.4 is 20.1 Å². The number of hydrogen-bond donors (Lipinski definition) is 2. The molecule has 0 saturated carbocycles. The van der Waals surface area contributed by atoms with Gasteiger partial charge in [-0.2, -0.15) is 0 Å². The fraction of sp³-hybridized carbons (Fsp3) is 0.194. The molecule has 4 aromatic carbocycles. The van der Waals surface area contributed by atoms with Crippen LogP contribution in [0.1, 0.15) is 45.5 Å². The summed E-state index contributed by atoms with van der Waals surface area (Å²) in [6.45, 7) is 1.06. The zero-order valence-electron chi connectivity index (χ0n) is 20.8. The van der Waals surface area contributed by atoms with Gasteiger partial charge in [-0.3, -0.25) is 9.59 Å². The highest BCUT2D eigenvalue weighted by Crippen LogP contribution is 2.38. The first-order valence-corrected chi connectivity index (χ1v) is 12.7. The lowest BCUT2D eigenvalue weighted by molar-refractivity contribution is -0.137. The summed E-state index contributed by atoms with van der Waals surface area (Å²) in [7, 11) is 0. The minimum atomic E-state index is -0.460. The highest BCUT2D eigenvalue weighted by molar-refractivity contribution is 6.12. The first kappa shape index (κ1) is 25.2. The monoisotopic (exact) mass is 508 g/mol. The minimum Gasteiger partial charge on any atom is -0.488 e. The maximum atomic E-state index is 13.6. The highest BCUT2D eigenvalue weighted by atomic mass is 16.5. The van der Waals surface area contributed by atoms with Gasteiger partial charge in [0, 0.05) is 22.0 Å². The summed E-state index contributed by atoms with van der Waals surface area (Å²) in [6.07, 6.45) is 3.36. The lowest BCUT2D eigenvalue weighted by Crippen LogP contribution is -2.42. The zero-order chi connectivity index (χ0) is 26.3. The van der Waals surface area contributed by atoms with E-state index < -0.39 is 17.9 Å². The number of fused-ring (bicyclic) bond motifs is 1. The Morgan fingerprint density at radius 1 is 0.921 bits per heavy atom. The van der Waals surface area contributed by atoms with E-state index >= 15 is 0 Å². The molecule has 1 saturated heterocycles. The molecule has 1 atom stereocenters. The number of benzene rings is 4. The van der Waals surface area contributed by atoms with Gasteiger partial charge in [-0.25, -0.2) is 4.79 Å². The van der Waals surface area contributed by atoms with Crippen molar-refractivity contribution in [1.29, 1.82) is 0 Å². The zero-order valence-corrected chi connectivity index (χ0v) is 20.8. The number of hydrogen-bond acceptors (Lipinski definition) is 6. The second-order valence-corrected chi connectivity index (χ2v) is 9.19. The Morgan fingerprint density at radius 2 is 1.66 bits per heavy atom. The number of anilines is 1. The molecule has 1 heterocycles. The van der Waals surface area contributed by atoms with Crippen LogP contribution in [0.15, 0.2) is 84.9 Å². The third-order valence-corrected chi connectivity index (χ3v) is 6.54. The van der Waals surface area contributed by atoms with Gasteiger partial charge >= 0.3 is 5.97 Å². The normalized spacial score (nSPS) is 15.0. The van der Waals surface area contributed by atoms with Gasteiger partial charge in [0.15, 0.2) is 5.75 Å². The minimum absolute atomic E-state index is 0.176. The number of carbonyl (C=O) groups excluding carboxylic acids is 3. The van der Waals surface area contributed by atoms with Crippen molar-refractivity contribution < 1.29 is 23.9 Å². The van der Waals surface area contributed by atoms with Gasteiger partial charge in [0.25, 0.3) is 5.91 Å². The fourth-order valence-electron chi connectivity index (χ4n) is 4.52. The maximum Gasteiger partial charge on any atom is 0.328 e. The topological polar surface area (TPSA) is 93.7 Å². The highest BCUT2D eigenvalue weighted by Gasteiger charge is 2.27. The van der Waals surface area contributed by atoms with Gasteiger partial charge in [-0.1, -0.05) is 61.0 Å². The predicted octanol–water partition coefficient (Wildman–Crippen LogP) is 5.53. The first-order valence-electron chi connectivity index (χ1n) is 12.7. The van der Waals surface area contributed by atoms with Crippen molar-refractivity contribution in [3.63, 3.8) is 0 Å². The van der Waals surface area contributed by atoms with E-state index in [1.54, 1.807) is 30.3 Å². The van der Waals surface area contributed by atoms with Crippen LogP contribution in [0.2, 0.25) is 0 Å². The predicted molar refractivity (Wildman–Crippen MR) is 146 cm³/mol. The Balaban J connectivity index is 1.53. The second-order valence-electron chi connectivity index (χ2n) is 9.19. The number of rotatable bonds is 8. The summed E-state index contributed by atoms with van der Waals surface area (Å²) in [5.41, 5.74) is 2.17. The lowest BCUT2D eigenvalue weighted by Gasteiger charge is -2.23. The van der Waals surface area contributed by atoms with Crippen molar-refractivity contribution in [3.05, 3.63) is 102 Å². The van der Waals surface area contributed by atoms with Crippen LogP contribution in [-0.4, -0.2) is 30.7 Å². The first-order chi connectivity index (χ1) is 18.6. The molecular formula is C31H28N2O5. The van der Waals surface area contributed by atoms with E-state index in [1.807, 2.05) is 54.6 Å². The molecule has 0 aliphatic carbocycles. The van der Waals surface area contributed by atoms with Gasteiger partial charge in [0.05, 0.1) is 5.56 Å². The average Bonchev–Trinajstić information content (AvgIpc) is 2.98. The lowest BCUT2D eigenvalue weighted by atomic mass is 10.0. The van der Waals surface area contributed by atoms with Gasteiger partial charge in [0.1, 0.15) is 24.7 Å². The second kappa shape index (κ2) is 11.7. The van der Waals surface area contributed by atoms with E-state index in [0.717, 1.165) is 36.6 Å². The Labute approximate surface area is 220 Å². The third kappa shape index (κ3) is 5.74. The molecule has 1 fully saturated rings. The standard InChI is InChI=1S/C31H28N2O5/c34-19-21-13-15-23(16-14-21)33-30(35)26-18-28(37-20-22-8-2-1-3-9-22)24-10-4-5-11-25(24)29(26)38-31(36)27-12-6-7-17-32-27/h1-5,8-11,13-16,18-19,27,32H,6-7,12,17,20H2,(H,33,35). The maximum absolute atomic E-state index is 13.6. The van der Waals surface area contributed by atoms with Crippen molar-refractivity contribution in [1.82, 2.24) is 5.32 Å². The van der Waals surface area contributed by atoms with Crippen molar-refractivity contribution >= 4 is 34.6 Å². The fourth-order valence-corrected chi connectivity index (χ4v) is 4.52. The molecule has 0 spiro atoms. The van der Waals surface area contributed by atoms with E-state index in [2.05, 4.69) is 10.6 Å². The molecule has 1 aliphatic rings. The number of aldehydes is 1. The van der Waals surface area contributed by atoms with E-state index in [1.165, 1.54) is 0 Å². The quantitative estimate of drug-likeness (QED) is 0.185.